The van der Waals surface area contributed by atoms with Gasteiger partial charge >= 0.3 is 0 Å². The Labute approximate surface area is 85.5 Å². The van der Waals surface area contributed by atoms with E-state index in [9.17, 15) is 0 Å². The van der Waals surface area contributed by atoms with Crippen LogP contribution in [0.3, 0.4) is 0 Å². The van der Waals surface area contributed by atoms with E-state index in [1.807, 2.05) is 19.3 Å². The summed E-state index contributed by atoms with van der Waals surface area (Å²) in [6.07, 6.45) is 4.71. The molecule has 0 aliphatic carbocycles. The molecule has 1 unspecified atom stereocenters. The fraction of sp³-hybridized carbons (Fsp3) is 0.545. The van der Waals surface area contributed by atoms with Crippen molar-refractivity contribution in [2.45, 2.75) is 19.4 Å². The Morgan fingerprint density at radius 1 is 1.57 bits per heavy atom. The van der Waals surface area contributed by atoms with Gasteiger partial charge in [0, 0.05) is 19.0 Å². The van der Waals surface area contributed by atoms with E-state index in [0.717, 1.165) is 13.0 Å². The zero-order valence-electron chi connectivity index (χ0n) is 8.86. The molecule has 1 rings (SSSR count). The van der Waals surface area contributed by atoms with E-state index in [4.69, 9.17) is 4.74 Å². The Bertz CT molecular complexity index is 238. The summed E-state index contributed by atoms with van der Waals surface area (Å²) >= 11 is 0. The second-order valence-electron chi connectivity index (χ2n) is 3.20. The maximum atomic E-state index is 5.50. The van der Waals surface area contributed by atoms with Crippen molar-refractivity contribution < 1.29 is 4.74 Å². The summed E-state index contributed by atoms with van der Waals surface area (Å²) in [4.78, 5) is 4.09. The molecule has 0 spiro atoms. The Balaban J connectivity index is 2.46. The lowest BCUT2D eigenvalue weighted by Crippen LogP contribution is -2.22. The Kier molecular flexibility index (Phi) is 5.19. The molecule has 78 valence electrons. The van der Waals surface area contributed by atoms with Gasteiger partial charge in [-0.15, -0.1) is 0 Å². The van der Waals surface area contributed by atoms with Gasteiger partial charge in [-0.25, -0.2) is 0 Å². The zero-order chi connectivity index (χ0) is 10.2. The molecule has 0 amide bonds. The van der Waals surface area contributed by atoms with E-state index < -0.39 is 0 Å². The fourth-order valence-electron chi connectivity index (χ4n) is 1.27. The third-order valence-corrected chi connectivity index (χ3v) is 2.07. The van der Waals surface area contributed by atoms with Crippen LogP contribution in [0.4, 0.5) is 0 Å². The van der Waals surface area contributed by atoms with Gasteiger partial charge in [-0.05, 0) is 25.1 Å². The zero-order valence-corrected chi connectivity index (χ0v) is 8.86. The minimum Gasteiger partial charge on any atom is -0.379 e. The second-order valence-corrected chi connectivity index (χ2v) is 3.20. The molecule has 0 fully saturated rings. The topological polar surface area (TPSA) is 34.1 Å². The van der Waals surface area contributed by atoms with Crippen LogP contribution in [0, 0.1) is 0 Å². The predicted molar refractivity (Wildman–Crippen MR) is 57.1 cm³/mol. The predicted octanol–water partition coefficient (Wildman–Crippen LogP) is 1.77. The molecule has 1 heterocycles. The number of pyridine rings is 1. The number of ether oxygens (including phenoxy) is 1. The SMILES string of the molecule is CCCOCC(NC)c1cccnc1. The molecule has 0 bridgehead atoms. The van der Waals surface area contributed by atoms with E-state index in [0.29, 0.717) is 6.61 Å². The normalized spacial score (nSPS) is 12.7. The molecule has 0 aliphatic heterocycles. The molecule has 1 aromatic heterocycles. The van der Waals surface area contributed by atoms with Crippen LogP contribution in [-0.4, -0.2) is 25.2 Å². The number of aromatic nitrogens is 1. The molecule has 0 aliphatic rings. The number of nitrogens with one attached hydrogen (secondary N) is 1. The first kappa shape index (κ1) is 11.1. The number of nitrogens with zero attached hydrogens (tertiary/aromatic N) is 1. The van der Waals surface area contributed by atoms with Crippen molar-refractivity contribution in [2.75, 3.05) is 20.3 Å². The number of hydrogen-bond donors (Lipinski definition) is 1. The highest BCUT2D eigenvalue weighted by molar-refractivity contribution is 5.13. The summed E-state index contributed by atoms with van der Waals surface area (Å²) in [6, 6.07) is 4.25. The third-order valence-electron chi connectivity index (χ3n) is 2.07. The molecule has 1 N–H and O–H groups in total. The summed E-state index contributed by atoms with van der Waals surface area (Å²) in [5, 5.41) is 3.21. The Hall–Kier alpha value is -0.930. The van der Waals surface area contributed by atoms with Gasteiger partial charge in [0.1, 0.15) is 0 Å². The van der Waals surface area contributed by atoms with Gasteiger partial charge in [-0.1, -0.05) is 13.0 Å². The van der Waals surface area contributed by atoms with Crippen LogP contribution in [0.15, 0.2) is 24.5 Å². The Morgan fingerprint density at radius 3 is 3.00 bits per heavy atom. The number of likely N-dealkylation sites (N-methyl/N-ethyl adjacent to an activating group) is 1. The molecule has 0 radical (unpaired) electrons. The maximum absolute atomic E-state index is 5.50. The average Bonchev–Trinajstić information content (AvgIpc) is 2.26. The second kappa shape index (κ2) is 6.51. The van der Waals surface area contributed by atoms with E-state index in [2.05, 4.69) is 23.3 Å². The molecular weight excluding hydrogens is 176 g/mol. The van der Waals surface area contributed by atoms with E-state index in [1.165, 1.54) is 5.56 Å². The summed E-state index contributed by atoms with van der Waals surface area (Å²) in [7, 11) is 1.94. The molecule has 3 nitrogen and oxygen atoms in total. The van der Waals surface area contributed by atoms with Crippen LogP contribution < -0.4 is 5.32 Å². The smallest absolute Gasteiger partial charge is 0.0661 e. The summed E-state index contributed by atoms with van der Waals surface area (Å²) < 4.78 is 5.50. The van der Waals surface area contributed by atoms with Crippen LogP contribution in [0.1, 0.15) is 24.9 Å². The highest BCUT2D eigenvalue weighted by Crippen LogP contribution is 2.10. The molecule has 3 heteroatoms. The molecule has 14 heavy (non-hydrogen) atoms. The van der Waals surface area contributed by atoms with Crippen LogP contribution >= 0.6 is 0 Å². The van der Waals surface area contributed by atoms with Crippen molar-refractivity contribution in [1.29, 1.82) is 0 Å². The minimum atomic E-state index is 0.246. The fourth-order valence-corrected chi connectivity index (χ4v) is 1.27. The molecular formula is C11H18N2O. The van der Waals surface area contributed by atoms with Crippen LogP contribution in [0.5, 0.6) is 0 Å². The van der Waals surface area contributed by atoms with Gasteiger partial charge in [0.05, 0.1) is 12.6 Å². The molecule has 1 atom stereocenters. The lowest BCUT2D eigenvalue weighted by molar-refractivity contribution is 0.114. The highest BCUT2D eigenvalue weighted by atomic mass is 16.5. The van der Waals surface area contributed by atoms with Gasteiger partial charge in [0.15, 0.2) is 0 Å². The lowest BCUT2D eigenvalue weighted by Gasteiger charge is -2.15. The molecule has 1 aromatic rings. The van der Waals surface area contributed by atoms with Crippen molar-refractivity contribution >= 4 is 0 Å². The van der Waals surface area contributed by atoms with Gasteiger partial charge in [0.25, 0.3) is 0 Å². The largest absolute Gasteiger partial charge is 0.379 e. The van der Waals surface area contributed by atoms with Gasteiger partial charge in [-0.3, -0.25) is 4.98 Å². The minimum absolute atomic E-state index is 0.246. The van der Waals surface area contributed by atoms with Crippen molar-refractivity contribution in [3.05, 3.63) is 30.1 Å². The van der Waals surface area contributed by atoms with E-state index in [-0.39, 0.29) is 6.04 Å². The average molecular weight is 194 g/mol. The Morgan fingerprint density at radius 2 is 2.43 bits per heavy atom. The van der Waals surface area contributed by atoms with Crippen molar-refractivity contribution in [3.8, 4) is 0 Å². The molecule has 0 saturated heterocycles. The summed E-state index contributed by atoms with van der Waals surface area (Å²) in [6.45, 7) is 3.63. The molecule has 0 saturated carbocycles. The lowest BCUT2D eigenvalue weighted by atomic mass is 10.1. The van der Waals surface area contributed by atoms with E-state index >= 15 is 0 Å². The summed E-state index contributed by atoms with van der Waals surface area (Å²) in [5.41, 5.74) is 1.17. The standard InChI is InChI=1S/C11H18N2O/c1-3-7-14-9-11(12-2)10-5-4-6-13-8-10/h4-6,8,11-12H,3,7,9H2,1-2H3. The van der Waals surface area contributed by atoms with Gasteiger partial charge < -0.3 is 10.1 Å². The van der Waals surface area contributed by atoms with Gasteiger partial charge in [-0.2, -0.15) is 0 Å². The quantitative estimate of drug-likeness (QED) is 0.701. The van der Waals surface area contributed by atoms with Crippen molar-refractivity contribution in [3.63, 3.8) is 0 Å². The van der Waals surface area contributed by atoms with Gasteiger partial charge in [0.2, 0.25) is 0 Å². The summed E-state index contributed by atoms with van der Waals surface area (Å²) in [5.74, 6) is 0. The maximum Gasteiger partial charge on any atom is 0.0661 e. The highest BCUT2D eigenvalue weighted by Gasteiger charge is 2.08. The number of rotatable bonds is 6. The first-order chi connectivity index (χ1) is 6.88. The first-order valence-corrected chi connectivity index (χ1v) is 5.03. The monoisotopic (exact) mass is 194 g/mol. The van der Waals surface area contributed by atoms with Crippen molar-refractivity contribution in [2.24, 2.45) is 0 Å². The van der Waals surface area contributed by atoms with Crippen LogP contribution in [0.25, 0.3) is 0 Å². The third kappa shape index (κ3) is 3.44. The van der Waals surface area contributed by atoms with Crippen molar-refractivity contribution in [1.82, 2.24) is 10.3 Å². The number of hydrogen-bond acceptors (Lipinski definition) is 3. The molecule has 0 aromatic carbocycles. The van der Waals surface area contributed by atoms with Crippen LogP contribution in [-0.2, 0) is 4.74 Å². The van der Waals surface area contributed by atoms with Crippen LogP contribution in [0.2, 0.25) is 0 Å². The first-order valence-electron chi connectivity index (χ1n) is 5.03. The van der Waals surface area contributed by atoms with E-state index in [1.54, 1.807) is 6.20 Å².